The zero-order chi connectivity index (χ0) is 13.9. The van der Waals surface area contributed by atoms with Crippen LogP contribution in [0.4, 0.5) is 5.69 Å². The summed E-state index contributed by atoms with van der Waals surface area (Å²) in [4.78, 5) is 2.21. The van der Waals surface area contributed by atoms with Crippen molar-refractivity contribution in [1.29, 1.82) is 0 Å². The molecule has 0 fully saturated rings. The maximum Gasteiger partial charge on any atom is 0.114 e. The van der Waals surface area contributed by atoms with E-state index in [0.29, 0.717) is 0 Å². The highest BCUT2D eigenvalue weighted by Crippen LogP contribution is 2.30. The van der Waals surface area contributed by atoms with E-state index in [0.717, 1.165) is 5.69 Å². The van der Waals surface area contributed by atoms with Crippen LogP contribution in [0.1, 0.15) is 18.1 Å². The van der Waals surface area contributed by atoms with Crippen LogP contribution in [-0.4, -0.2) is 19.0 Å². The number of aryl methyl sites for hydroxylation is 1. The number of rotatable bonds is 4. The lowest BCUT2D eigenvalue weighted by molar-refractivity contribution is 0.207. The monoisotopic (exact) mass is 254 g/mol. The van der Waals surface area contributed by atoms with Crippen LogP contribution in [0.3, 0.4) is 0 Å². The summed E-state index contributed by atoms with van der Waals surface area (Å²) < 4.78 is 0. The van der Waals surface area contributed by atoms with Gasteiger partial charge in [-0.05, 0) is 51.2 Å². The summed E-state index contributed by atoms with van der Waals surface area (Å²) in [6, 6.07) is 18.8. The average Bonchev–Trinajstić information content (AvgIpc) is 2.40. The smallest absolute Gasteiger partial charge is 0.114 e. The molecule has 100 valence electrons. The van der Waals surface area contributed by atoms with Crippen molar-refractivity contribution in [3.63, 3.8) is 0 Å². The molecule has 0 aliphatic rings. The SMILES string of the molecule is Cc1ccccc1C(C)(Nc1ccccc1)N(C)C. The molecule has 2 heteroatoms. The van der Waals surface area contributed by atoms with Gasteiger partial charge in [-0.15, -0.1) is 0 Å². The van der Waals surface area contributed by atoms with E-state index in [4.69, 9.17) is 0 Å². The van der Waals surface area contributed by atoms with E-state index in [2.05, 4.69) is 86.7 Å². The van der Waals surface area contributed by atoms with Crippen LogP contribution in [0.25, 0.3) is 0 Å². The van der Waals surface area contributed by atoms with E-state index >= 15 is 0 Å². The minimum atomic E-state index is -0.229. The Kier molecular flexibility index (Phi) is 3.91. The molecule has 0 saturated heterocycles. The van der Waals surface area contributed by atoms with E-state index < -0.39 is 0 Å². The Balaban J connectivity index is 2.42. The fourth-order valence-electron chi connectivity index (χ4n) is 2.34. The van der Waals surface area contributed by atoms with Crippen molar-refractivity contribution in [3.05, 3.63) is 65.7 Å². The summed E-state index contributed by atoms with van der Waals surface area (Å²) in [6.45, 7) is 4.37. The first kappa shape index (κ1) is 13.6. The Hall–Kier alpha value is -1.80. The molecule has 0 saturated carbocycles. The molecule has 0 aliphatic carbocycles. The van der Waals surface area contributed by atoms with E-state index in [-0.39, 0.29) is 5.66 Å². The van der Waals surface area contributed by atoms with Crippen LogP contribution in [0.2, 0.25) is 0 Å². The lowest BCUT2D eigenvalue weighted by Crippen LogP contribution is -2.46. The molecule has 0 amide bonds. The first-order chi connectivity index (χ1) is 9.04. The van der Waals surface area contributed by atoms with Crippen molar-refractivity contribution in [3.8, 4) is 0 Å². The molecule has 0 heterocycles. The van der Waals surface area contributed by atoms with Crippen molar-refractivity contribution in [2.45, 2.75) is 19.5 Å². The number of para-hydroxylation sites is 1. The maximum atomic E-state index is 3.64. The number of hydrogen-bond donors (Lipinski definition) is 1. The van der Waals surface area contributed by atoms with Gasteiger partial charge in [-0.3, -0.25) is 4.90 Å². The number of nitrogens with one attached hydrogen (secondary N) is 1. The van der Waals surface area contributed by atoms with Crippen molar-refractivity contribution in [2.75, 3.05) is 19.4 Å². The highest BCUT2D eigenvalue weighted by atomic mass is 15.3. The number of nitrogens with zero attached hydrogens (tertiary/aromatic N) is 1. The van der Waals surface area contributed by atoms with Gasteiger partial charge in [-0.25, -0.2) is 0 Å². The summed E-state index contributed by atoms with van der Waals surface area (Å²) in [7, 11) is 4.20. The molecule has 2 aromatic carbocycles. The van der Waals surface area contributed by atoms with Gasteiger partial charge in [0, 0.05) is 5.69 Å². The third-order valence-electron chi connectivity index (χ3n) is 3.73. The standard InChI is InChI=1S/C17H22N2/c1-14-10-8-9-13-16(14)17(2,19(3)4)18-15-11-6-5-7-12-15/h5-13,18H,1-4H3. The number of anilines is 1. The summed E-state index contributed by atoms with van der Waals surface area (Å²) in [5.41, 5.74) is 3.49. The van der Waals surface area contributed by atoms with Crippen molar-refractivity contribution in [1.82, 2.24) is 4.90 Å². The Bertz CT molecular complexity index is 534. The fraction of sp³-hybridized carbons (Fsp3) is 0.294. The number of benzene rings is 2. The first-order valence-electron chi connectivity index (χ1n) is 6.61. The maximum absolute atomic E-state index is 3.64. The molecule has 2 aromatic rings. The highest BCUT2D eigenvalue weighted by Gasteiger charge is 2.30. The third-order valence-corrected chi connectivity index (χ3v) is 3.73. The van der Waals surface area contributed by atoms with Gasteiger partial charge in [-0.1, -0.05) is 42.5 Å². The summed E-state index contributed by atoms with van der Waals surface area (Å²) in [6.07, 6.45) is 0. The van der Waals surface area contributed by atoms with Crippen molar-refractivity contribution in [2.24, 2.45) is 0 Å². The van der Waals surface area contributed by atoms with Crippen LogP contribution in [0.5, 0.6) is 0 Å². The Morgan fingerprint density at radius 2 is 1.47 bits per heavy atom. The molecule has 0 bridgehead atoms. The first-order valence-corrected chi connectivity index (χ1v) is 6.61. The molecular weight excluding hydrogens is 232 g/mol. The van der Waals surface area contributed by atoms with E-state index in [1.807, 2.05) is 6.07 Å². The van der Waals surface area contributed by atoms with Crippen LogP contribution >= 0.6 is 0 Å². The van der Waals surface area contributed by atoms with Gasteiger partial charge in [0.2, 0.25) is 0 Å². The molecule has 1 unspecified atom stereocenters. The number of hydrogen-bond acceptors (Lipinski definition) is 2. The van der Waals surface area contributed by atoms with E-state index in [1.165, 1.54) is 11.1 Å². The molecule has 0 aliphatic heterocycles. The molecule has 0 aromatic heterocycles. The predicted molar refractivity (Wildman–Crippen MR) is 82.3 cm³/mol. The van der Waals surface area contributed by atoms with Gasteiger partial charge in [0.15, 0.2) is 0 Å². The van der Waals surface area contributed by atoms with Crippen molar-refractivity contribution < 1.29 is 0 Å². The Morgan fingerprint density at radius 1 is 0.895 bits per heavy atom. The highest BCUT2D eigenvalue weighted by molar-refractivity contribution is 5.48. The zero-order valence-corrected chi connectivity index (χ0v) is 12.1. The quantitative estimate of drug-likeness (QED) is 0.834. The predicted octanol–water partition coefficient (Wildman–Crippen LogP) is 3.84. The fourth-order valence-corrected chi connectivity index (χ4v) is 2.34. The molecule has 0 radical (unpaired) electrons. The van der Waals surface area contributed by atoms with Crippen LogP contribution in [0, 0.1) is 6.92 Å². The molecule has 0 spiro atoms. The minimum Gasteiger partial charge on any atom is -0.364 e. The summed E-state index contributed by atoms with van der Waals surface area (Å²) in [5.74, 6) is 0. The van der Waals surface area contributed by atoms with E-state index in [1.54, 1.807) is 0 Å². The van der Waals surface area contributed by atoms with Crippen molar-refractivity contribution >= 4 is 5.69 Å². The third kappa shape index (κ3) is 2.79. The molecule has 2 nitrogen and oxygen atoms in total. The zero-order valence-electron chi connectivity index (χ0n) is 12.1. The molecule has 1 N–H and O–H groups in total. The second-order valence-electron chi connectivity index (χ2n) is 5.27. The van der Waals surface area contributed by atoms with Gasteiger partial charge in [0.25, 0.3) is 0 Å². The average molecular weight is 254 g/mol. The Morgan fingerprint density at radius 3 is 2.05 bits per heavy atom. The second kappa shape index (κ2) is 5.45. The molecule has 2 rings (SSSR count). The summed E-state index contributed by atoms with van der Waals surface area (Å²) in [5, 5.41) is 3.64. The molecular formula is C17H22N2. The lowest BCUT2D eigenvalue weighted by atomic mass is 9.95. The van der Waals surface area contributed by atoms with Crippen LogP contribution in [-0.2, 0) is 5.66 Å². The van der Waals surface area contributed by atoms with Gasteiger partial charge in [-0.2, -0.15) is 0 Å². The Labute approximate surface area is 116 Å². The van der Waals surface area contributed by atoms with Crippen LogP contribution < -0.4 is 5.32 Å². The van der Waals surface area contributed by atoms with E-state index in [9.17, 15) is 0 Å². The lowest BCUT2D eigenvalue weighted by Gasteiger charge is -2.39. The topological polar surface area (TPSA) is 15.3 Å². The van der Waals surface area contributed by atoms with Gasteiger partial charge >= 0.3 is 0 Å². The minimum absolute atomic E-state index is 0.229. The van der Waals surface area contributed by atoms with Gasteiger partial charge in [0.1, 0.15) is 5.66 Å². The summed E-state index contributed by atoms with van der Waals surface area (Å²) >= 11 is 0. The normalized spacial score (nSPS) is 14.2. The molecule has 1 atom stereocenters. The largest absolute Gasteiger partial charge is 0.364 e. The van der Waals surface area contributed by atoms with Gasteiger partial charge in [0.05, 0.1) is 0 Å². The van der Waals surface area contributed by atoms with Crippen LogP contribution in [0.15, 0.2) is 54.6 Å². The van der Waals surface area contributed by atoms with Gasteiger partial charge < -0.3 is 5.32 Å². The molecule has 19 heavy (non-hydrogen) atoms. The second-order valence-corrected chi connectivity index (χ2v) is 5.27.